The largest absolute Gasteiger partial charge is 0.492 e. The van der Waals surface area contributed by atoms with Crippen LogP contribution in [0, 0.1) is 0 Å². The first-order valence-corrected chi connectivity index (χ1v) is 7.02. The molecule has 2 aromatic rings. The number of para-hydroxylation sites is 1. The minimum Gasteiger partial charge on any atom is -0.492 e. The second kappa shape index (κ2) is 5.17. The van der Waals surface area contributed by atoms with Crippen molar-refractivity contribution in [1.29, 1.82) is 0 Å². The number of nitrogen functional groups attached to an aromatic ring is 1. The Hall–Kier alpha value is -2.01. The molecule has 0 saturated carbocycles. The van der Waals surface area contributed by atoms with Crippen molar-refractivity contribution in [3.8, 4) is 5.75 Å². The summed E-state index contributed by atoms with van der Waals surface area (Å²) in [5, 5.41) is 2.89. The lowest BCUT2D eigenvalue weighted by molar-refractivity contribution is -0.117. The van der Waals surface area contributed by atoms with Crippen LogP contribution in [-0.4, -0.2) is 12.5 Å². The third-order valence-corrected chi connectivity index (χ3v) is 3.97. The van der Waals surface area contributed by atoms with Crippen LogP contribution in [0.4, 0.5) is 11.4 Å². The Bertz CT molecular complexity index is 673. The highest BCUT2D eigenvalue weighted by Gasteiger charge is 2.29. The number of anilines is 2. The van der Waals surface area contributed by atoms with Gasteiger partial charge in [-0.15, -0.1) is 0 Å². The average molecular weight is 333 g/mol. The van der Waals surface area contributed by atoms with Crippen LogP contribution >= 0.6 is 15.9 Å². The lowest BCUT2D eigenvalue weighted by atomic mass is 10.0. The number of halogens is 1. The number of carbonyl (C=O) groups is 1. The molecule has 2 aromatic carbocycles. The van der Waals surface area contributed by atoms with Gasteiger partial charge in [0.05, 0.1) is 0 Å². The summed E-state index contributed by atoms with van der Waals surface area (Å²) in [4.78, 5) is 12.3. The molecule has 1 atom stereocenters. The lowest BCUT2D eigenvalue weighted by Crippen LogP contribution is -2.22. The van der Waals surface area contributed by atoms with Crippen molar-refractivity contribution in [2.24, 2.45) is 0 Å². The maximum atomic E-state index is 12.3. The molecular formula is C15H13BrN2O2. The van der Waals surface area contributed by atoms with Gasteiger partial charge in [-0.05, 0) is 40.2 Å². The molecule has 5 heteroatoms. The van der Waals surface area contributed by atoms with Crippen molar-refractivity contribution in [1.82, 2.24) is 0 Å². The van der Waals surface area contributed by atoms with Gasteiger partial charge in [0.2, 0.25) is 5.91 Å². The highest BCUT2D eigenvalue weighted by atomic mass is 79.9. The Labute approximate surface area is 125 Å². The van der Waals surface area contributed by atoms with Crippen molar-refractivity contribution in [3.05, 3.63) is 52.5 Å². The summed E-state index contributed by atoms with van der Waals surface area (Å²) >= 11 is 3.34. The van der Waals surface area contributed by atoms with Gasteiger partial charge in [-0.1, -0.05) is 18.2 Å². The first-order chi connectivity index (χ1) is 9.65. The molecule has 0 radical (unpaired) electrons. The van der Waals surface area contributed by atoms with E-state index < -0.39 is 0 Å². The summed E-state index contributed by atoms with van der Waals surface area (Å²) in [7, 11) is 0. The first kappa shape index (κ1) is 13.0. The second-order valence-corrected chi connectivity index (χ2v) is 5.48. The molecular weight excluding hydrogens is 320 g/mol. The molecule has 0 fully saturated rings. The zero-order valence-corrected chi connectivity index (χ0v) is 12.2. The van der Waals surface area contributed by atoms with Gasteiger partial charge in [-0.2, -0.15) is 0 Å². The van der Waals surface area contributed by atoms with E-state index in [0.29, 0.717) is 18.0 Å². The molecule has 20 heavy (non-hydrogen) atoms. The number of carbonyl (C=O) groups excluding carboxylic acids is 1. The predicted molar refractivity (Wildman–Crippen MR) is 81.9 cm³/mol. The maximum absolute atomic E-state index is 12.3. The van der Waals surface area contributed by atoms with E-state index in [9.17, 15) is 4.79 Å². The van der Waals surface area contributed by atoms with E-state index >= 15 is 0 Å². The van der Waals surface area contributed by atoms with Gasteiger partial charge in [0.15, 0.2) is 0 Å². The molecule has 1 aliphatic rings. The molecule has 1 heterocycles. The van der Waals surface area contributed by atoms with Crippen LogP contribution in [-0.2, 0) is 4.79 Å². The number of benzene rings is 2. The molecule has 102 valence electrons. The van der Waals surface area contributed by atoms with Crippen molar-refractivity contribution in [2.45, 2.75) is 5.92 Å². The number of fused-ring (bicyclic) bond motifs is 1. The summed E-state index contributed by atoms with van der Waals surface area (Å²) in [6, 6.07) is 12.9. The summed E-state index contributed by atoms with van der Waals surface area (Å²) < 4.78 is 6.29. The number of hydrogen-bond acceptors (Lipinski definition) is 3. The van der Waals surface area contributed by atoms with Gasteiger partial charge in [0.25, 0.3) is 0 Å². The summed E-state index contributed by atoms with van der Waals surface area (Å²) in [5.74, 6) is 0.431. The number of nitrogens with one attached hydrogen (secondary N) is 1. The van der Waals surface area contributed by atoms with E-state index in [2.05, 4.69) is 21.2 Å². The average Bonchev–Trinajstić information content (AvgIpc) is 2.87. The normalized spacial score (nSPS) is 16.4. The van der Waals surface area contributed by atoms with Crippen LogP contribution in [0.2, 0.25) is 0 Å². The monoisotopic (exact) mass is 332 g/mol. The number of amides is 1. The van der Waals surface area contributed by atoms with Crippen molar-refractivity contribution < 1.29 is 9.53 Å². The number of hydrogen-bond donors (Lipinski definition) is 2. The Balaban J connectivity index is 1.79. The van der Waals surface area contributed by atoms with Crippen LogP contribution in [0.25, 0.3) is 0 Å². The van der Waals surface area contributed by atoms with Crippen LogP contribution in [0.3, 0.4) is 0 Å². The number of nitrogens with two attached hydrogens (primary N) is 1. The summed E-state index contributed by atoms with van der Waals surface area (Å²) in [6.45, 7) is 0.376. The fourth-order valence-corrected chi connectivity index (χ4v) is 2.59. The molecule has 0 aromatic heterocycles. The maximum Gasteiger partial charge on any atom is 0.235 e. The Morgan fingerprint density at radius 2 is 2.10 bits per heavy atom. The molecule has 3 N–H and O–H groups in total. The third kappa shape index (κ3) is 2.36. The van der Waals surface area contributed by atoms with E-state index in [4.69, 9.17) is 10.5 Å². The van der Waals surface area contributed by atoms with Crippen LogP contribution in [0.15, 0.2) is 46.9 Å². The minimum absolute atomic E-state index is 0.0772. The lowest BCUT2D eigenvalue weighted by Gasteiger charge is -2.11. The molecule has 0 saturated heterocycles. The Morgan fingerprint density at radius 1 is 1.30 bits per heavy atom. The van der Waals surface area contributed by atoms with Crippen LogP contribution in [0.1, 0.15) is 11.5 Å². The van der Waals surface area contributed by atoms with E-state index in [0.717, 1.165) is 15.8 Å². The highest BCUT2D eigenvalue weighted by molar-refractivity contribution is 9.10. The summed E-state index contributed by atoms with van der Waals surface area (Å²) in [6.07, 6.45) is 0. The predicted octanol–water partition coefficient (Wildman–Crippen LogP) is 3.15. The summed E-state index contributed by atoms with van der Waals surface area (Å²) in [5.41, 5.74) is 8.00. The highest BCUT2D eigenvalue weighted by Crippen LogP contribution is 2.34. The standard InChI is InChI=1S/C15H13BrN2O2/c16-12-7-9(5-6-13(12)17)18-15(19)11-8-20-14-4-2-1-3-10(11)14/h1-7,11H,8,17H2,(H,18,19). The van der Waals surface area contributed by atoms with Crippen molar-refractivity contribution >= 4 is 33.2 Å². The smallest absolute Gasteiger partial charge is 0.235 e. The Morgan fingerprint density at radius 3 is 2.90 bits per heavy atom. The molecule has 3 rings (SSSR count). The molecule has 4 nitrogen and oxygen atoms in total. The van der Waals surface area contributed by atoms with Crippen molar-refractivity contribution in [2.75, 3.05) is 17.7 Å². The molecule has 1 unspecified atom stereocenters. The van der Waals surface area contributed by atoms with Gasteiger partial charge in [-0.25, -0.2) is 0 Å². The minimum atomic E-state index is -0.275. The first-order valence-electron chi connectivity index (χ1n) is 6.23. The third-order valence-electron chi connectivity index (χ3n) is 3.28. The molecule has 1 amide bonds. The zero-order chi connectivity index (χ0) is 14.1. The van der Waals surface area contributed by atoms with Crippen LogP contribution in [0.5, 0.6) is 5.75 Å². The molecule has 0 spiro atoms. The SMILES string of the molecule is Nc1ccc(NC(=O)C2COc3ccccc32)cc1Br. The van der Waals surface area contributed by atoms with E-state index in [1.165, 1.54) is 0 Å². The van der Waals surface area contributed by atoms with E-state index in [-0.39, 0.29) is 11.8 Å². The van der Waals surface area contributed by atoms with Crippen molar-refractivity contribution in [3.63, 3.8) is 0 Å². The van der Waals surface area contributed by atoms with Gasteiger partial charge in [0.1, 0.15) is 18.3 Å². The van der Waals surface area contributed by atoms with Gasteiger partial charge < -0.3 is 15.8 Å². The fraction of sp³-hybridized carbons (Fsp3) is 0.133. The van der Waals surface area contributed by atoms with Gasteiger partial charge in [0, 0.05) is 21.4 Å². The molecule has 1 aliphatic heterocycles. The quantitative estimate of drug-likeness (QED) is 0.830. The van der Waals surface area contributed by atoms with Gasteiger partial charge >= 0.3 is 0 Å². The Kier molecular flexibility index (Phi) is 3.36. The fourth-order valence-electron chi connectivity index (χ4n) is 2.21. The number of ether oxygens (including phenoxy) is 1. The number of rotatable bonds is 2. The van der Waals surface area contributed by atoms with E-state index in [1.54, 1.807) is 18.2 Å². The van der Waals surface area contributed by atoms with Gasteiger partial charge in [-0.3, -0.25) is 4.79 Å². The van der Waals surface area contributed by atoms with Crippen LogP contribution < -0.4 is 15.8 Å². The van der Waals surface area contributed by atoms with E-state index in [1.807, 2.05) is 24.3 Å². The molecule has 0 bridgehead atoms. The second-order valence-electron chi connectivity index (χ2n) is 4.63. The zero-order valence-electron chi connectivity index (χ0n) is 10.6. The molecule has 0 aliphatic carbocycles. The topological polar surface area (TPSA) is 64.3 Å².